The molecule has 3 aliphatic carbocycles. The summed E-state index contributed by atoms with van der Waals surface area (Å²) in [4.78, 5) is 0. The zero-order chi connectivity index (χ0) is 39.6. The minimum absolute atomic E-state index is 0.178. The highest BCUT2D eigenvalue weighted by atomic mass is 19.4. The van der Waals surface area contributed by atoms with Gasteiger partial charge in [-0.1, -0.05) is 13.8 Å². The zero-order valence-electron chi connectivity index (χ0n) is 21.5. The molecule has 0 amide bonds. The molecule has 0 spiro atoms. The first kappa shape index (κ1) is 42.1. The van der Waals surface area contributed by atoms with Crippen molar-refractivity contribution in [2.24, 2.45) is 5.92 Å². The predicted molar refractivity (Wildman–Crippen MR) is 90.7 cm³/mol. The Labute approximate surface area is 242 Å². The molecule has 0 bridgehead atoms. The Morgan fingerprint density at radius 2 is 0.333 bits per heavy atom. The van der Waals surface area contributed by atoms with Crippen LogP contribution in [0.2, 0.25) is 0 Å². The lowest BCUT2D eigenvalue weighted by Gasteiger charge is -2.63. The zero-order valence-corrected chi connectivity index (χ0v) is 21.5. The molecule has 0 atom stereocenters. The normalized spacial score (nSPS) is 38.5. The van der Waals surface area contributed by atoms with Gasteiger partial charge >= 0.3 is 77.0 Å². The van der Waals surface area contributed by atoms with Gasteiger partial charge in [0.05, 0.1) is 0 Å². The minimum Gasteiger partial charge on any atom is -0.230 e. The van der Waals surface area contributed by atoms with E-state index in [9.17, 15) is 127 Å². The van der Waals surface area contributed by atoms with Gasteiger partial charge in [-0.2, -0.15) is 114 Å². The van der Waals surface area contributed by atoms with Crippen LogP contribution in [0.25, 0.3) is 0 Å². The van der Waals surface area contributed by atoms with E-state index >= 15 is 0 Å². The van der Waals surface area contributed by atoms with Gasteiger partial charge in [-0.05, 0) is 5.92 Å². The first-order chi connectivity index (χ1) is 20.2. The smallest absolute Gasteiger partial charge is 0.230 e. The van der Waals surface area contributed by atoms with Crippen LogP contribution in [0.15, 0.2) is 0 Å². The largest absolute Gasteiger partial charge is 0.384 e. The second kappa shape index (κ2) is 9.25. The molecule has 0 saturated heterocycles. The molecule has 3 aliphatic rings. The number of hydrogen-bond acceptors (Lipinski definition) is 0. The monoisotopic (exact) mass is 786 g/mol. The summed E-state index contributed by atoms with van der Waals surface area (Å²) in [7, 11) is 0. The maximum Gasteiger partial charge on any atom is 0.384 e. The number of hydrogen-bond donors (Lipinski definition) is 0. The van der Waals surface area contributed by atoms with Crippen LogP contribution in [-0.2, 0) is 0 Å². The van der Waals surface area contributed by atoms with Gasteiger partial charge in [0.1, 0.15) is 0 Å². The molecule has 3 fully saturated rings. The Bertz CT molecular complexity index is 1160. The summed E-state index contributed by atoms with van der Waals surface area (Å²) in [5, 5.41) is 0. The molecule has 0 nitrogen and oxygen atoms in total. The van der Waals surface area contributed by atoms with E-state index in [0.29, 0.717) is 0 Å². The molecule has 0 N–H and O–H groups in total. The molecule has 0 aromatic heterocycles. The quantitative estimate of drug-likeness (QED) is 0.232. The molecule has 0 heterocycles. The molecular formula is C19H7F29. The van der Waals surface area contributed by atoms with Gasteiger partial charge in [0.15, 0.2) is 0 Å². The SMILES string of the molecule is CC(C)C1(F)C(F)(F)C(F)(F)C(F)(F)C(F)(F)C1(F)F.FC1(F)C(F)(F)C(F)(F)C2(F)C(F)(F)C(F)(F)C(F)(F)C(F)(F)C2(F)C1(F)F. The number of alkyl halides is 29. The lowest BCUT2D eigenvalue weighted by molar-refractivity contribution is -0.560. The Morgan fingerprint density at radius 3 is 0.479 bits per heavy atom. The standard InChI is InChI=1S/C10F18.C9H7F11/c11-1-2(12,5(17,18)9(25,26)7(21,22)3(1,13)14)6(19,20)10(27,28)8(23,24)4(1,15)16;1-3(2)4(10)5(11,12)7(15,16)9(19,20)8(17,18)6(4,13)14/h;3H,1-2H3. The van der Waals surface area contributed by atoms with Crippen molar-refractivity contribution in [3.05, 3.63) is 0 Å². The summed E-state index contributed by atoms with van der Waals surface area (Å²) >= 11 is 0. The Hall–Kier alpha value is -2.03. The average molecular weight is 786 g/mol. The van der Waals surface area contributed by atoms with Crippen molar-refractivity contribution in [1.29, 1.82) is 0 Å². The van der Waals surface area contributed by atoms with Gasteiger partial charge in [0, 0.05) is 0 Å². The minimum atomic E-state index is -8.64. The third-order valence-corrected chi connectivity index (χ3v) is 7.86. The molecule has 0 unspecified atom stereocenters. The van der Waals surface area contributed by atoms with Crippen LogP contribution < -0.4 is 0 Å². The van der Waals surface area contributed by atoms with Crippen molar-refractivity contribution < 1.29 is 127 Å². The van der Waals surface area contributed by atoms with Crippen molar-refractivity contribution >= 4 is 0 Å². The predicted octanol–water partition coefficient (Wildman–Crippen LogP) is 10.1. The molecule has 286 valence electrons. The second-order valence-corrected chi connectivity index (χ2v) is 10.7. The highest BCUT2D eigenvalue weighted by molar-refractivity contribution is 5.42. The summed E-state index contributed by atoms with van der Waals surface area (Å²) in [5.74, 6) is -104. The Morgan fingerprint density at radius 1 is 0.208 bits per heavy atom. The fraction of sp³-hybridized carbons (Fsp3) is 1.00. The van der Waals surface area contributed by atoms with E-state index in [1.807, 2.05) is 0 Å². The van der Waals surface area contributed by atoms with Crippen LogP contribution >= 0.6 is 0 Å². The van der Waals surface area contributed by atoms with Crippen molar-refractivity contribution in [1.82, 2.24) is 0 Å². The van der Waals surface area contributed by atoms with E-state index in [-0.39, 0.29) is 13.8 Å². The van der Waals surface area contributed by atoms with E-state index < -0.39 is 99.9 Å². The van der Waals surface area contributed by atoms with Crippen LogP contribution in [0.1, 0.15) is 13.8 Å². The third-order valence-electron chi connectivity index (χ3n) is 7.86. The maximum absolute atomic E-state index is 14.2. The maximum atomic E-state index is 14.2. The van der Waals surface area contributed by atoms with E-state index in [2.05, 4.69) is 0 Å². The molecule has 0 aliphatic heterocycles. The summed E-state index contributed by atoms with van der Waals surface area (Å²) in [6.45, 7) is 0.356. The van der Waals surface area contributed by atoms with Crippen molar-refractivity contribution in [3.8, 4) is 0 Å². The van der Waals surface area contributed by atoms with Crippen molar-refractivity contribution in [3.63, 3.8) is 0 Å². The third kappa shape index (κ3) is 3.29. The van der Waals surface area contributed by atoms with E-state index in [1.54, 1.807) is 0 Å². The van der Waals surface area contributed by atoms with E-state index in [1.165, 1.54) is 0 Å². The van der Waals surface area contributed by atoms with Crippen molar-refractivity contribution in [2.45, 2.75) is 108 Å². The van der Waals surface area contributed by atoms with Crippen LogP contribution in [0.5, 0.6) is 0 Å². The average Bonchev–Trinajstić information content (AvgIpc) is 2.88. The van der Waals surface area contributed by atoms with E-state index in [4.69, 9.17) is 0 Å². The summed E-state index contributed by atoms with van der Waals surface area (Å²) in [6.07, 6.45) is 0. The molecule has 48 heavy (non-hydrogen) atoms. The molecular weight excluding hydrogens is 779 g/mol. The van der Waals surface area contributed by atoms with Gasteiger partial charge in [-0.3, -0.25) is 0 Å². The number of halogens is 29. The van der Waals surface area contributed by atoms with Crippen molar-refractivity contribution in [2.75, 3.05) is 0 Å². The van der Waals surface area contributed by atoms with E-state index in [0.717, 1.165) is 0 Å². The molecule has 0 aromatic rings. The van der Waals surface area contributed by atoms with Crippen LogP contribution in [0.3, 0.4) is 0 Å². The molecule has 0 aromatic carbocycles. The second-order valence-electron chi connectivity index (χ2n) is 10.7. The molecule has 3 saturated carbocycles. The van der Waals surface area contributed by atoms with Gasteiger partial charge in [-0.15, -0.1) is 0 Å². The number of fused-ring (bicyclic) bond motifs is 1. The summed E-state index contributed by atoms with van der Waals surface area (Å²) in [6, 6.07) is 0. The van der Waals surface area contributed by atoms with Gasteiger partial charge in [0.2, 0.25) is 0 Å². The lowest BCUT2D eigenvalue weighted by Crippen LogP contribution is -2.98. The lowest BCUT2D eigenvalue weighted by atomic mass is 9.54. The number of rotatable bonds is 1. The Kier molecular flexibility index (Phi) is 8.12. The first-order valence-corrected chi connectivity index (χ1v) is 11.2. The van der Waals surface area contributed by atoms with Crippen LogP contribution in [-0.4, -0.2) is 94.0 Å². The highest BCUT2D eigenvalue weighted by Gasteiger charge is 3.15. The first-order valence-electron chi connectivity index (χ1n) is 11.2. The molecule has 29 heteroatoms. The van der Waals surface area contributed by atoms with Crippen LogP contribution in [0.4, 0.5) is 127 Å². The van der Waals surface area contributed by atoms with Gasteiger partial charge < -0.3 is 0 Å². The summed E-state index contributed by atoms with van der Waals surface area (Å²) in [5.41, 5.74) is -23.1. The molecule has 3 rings (SSSR count). The van der Waals surface area contributed by atoms with Gasteiger partial charge in [0.25, 0.3) is 17.0 Å². The summed E-state index contributed by atoms with van der Waals surface area (Å²) < 4.78 is 384. The van der Waals surface area contributed by atoms with Crippen LogP contribution in [0, 0.1) is 5.92 Å². The molecule has 0 radical (unpaired) electrons. The topological polar surface area (TPSA) is 0 Å². The fourth-order valence-corrected chi connectivity index (χ4v) is 4.88. The Balaban J connectivity index is 0.000000353. The fourth-order valence-electron chi connectivity index (χ4n) is 4.88. The highest BCUT2D eigenvalue weighted by Crippen LogP contribution is 2.81. The van der Waals surface area contributed by atoms with Gasteiger partial charge in [-0.25, -0.2) is 13.2 Å².